The van der Waals surface area contributed by atoms with E-state index in [1.807, 2.05) is 12.1 Å². The van der Waals surface area contributed by atoms with E-state index in [4.69, 9.17) is 14.2 Å². The fraction of sp³-hybridized carbons (Fsp3) is 0.684. The van der Waals surface area contributed by atoms with E-state index in [-0.39, 0.29) is 5.60 Å². The lowest BCUT2D eigenvalue weighted by Gasteiger charge is -2.42. The van der Waals surface area contributed by atoms with Crippen molar-refractivity contribution in [1.82, 2.24) is 0 Å². The van der Waals surface area contributed by atoms with E-state index in [1.54, 1.807) is 14.2 Å². The first-order valence-electron chi connectivity index (χ1n) is 8.82. The molecule has 3 N–H and O–H groups in total. The number of hydrogen-bond acceptors (Lipinski definition) is 4. The molecule has 2 unspecified atom stereocenters. The summed E-state index contributed by atoms with van der Waals surface area (Å²) in [5.74, 6) is 1.50. The summed E-state index contributed by atoms with van der Waals surface area (Å²) in [6, 6.07) is 5.99. The van der Waals surface area contributed by atoms with Gasteiger partial charge in [-0.25, -0.2) is 0 Å². The van der Waals surface area contributed by atoms with E-state index in [1.165, 1.54) is 5.56 Å². The minimum atomic E-state index is -0.600. The van der Waals surface area contributed by atoms with E-state index in [0.717, 1.165) is 50.3 Å². The Morgan fingerprint density at radius 2 is 2.00 bits per heavy atom. The molecule has 0 spiro atoms. The number of hydrogen-bond donors (Lipinski definition) is 2. The molecular weight excluding hydrogens is 306 g/mol. The SMILES string of the molecule is CCC1(C)CC(O)(CC[NH2+]Cc2ccc(OC)c(OC)c2)CCO1. The Morgan fingerprint density at radius 3 is 2.67 bits per heavy atom. The highest BCUT2D eigenvalue weighted by Gasteiger charge is 2.41. The van der Waals surface area contributed by atoms with E-state index in [9.17, 15) is 5.11 Å². The smallest absolute Gasteiger partial charge is 0.161 e. The molecule has 0 aromatic heterocycles. The average molecular weight is 338 g/mol. The molecule has 5 nitrogen and oxygen atoms in total. The highest BCUT2D eigenvalue weighted by atomic mass is 16.5. The van der Waals surface area contributed by atoms with Crippen LogP contribution in [-0.2, 0) is 11.3 Å². The third kappa shape index (κ3) is 4.85. The molecule has 0 radical (unpaired) electrons. The minimum Gasteiger partial charge on any atom is -0.493 e. The van der Waals surface area contributed by atoms with Crippen LogP contribution in [-0.4, -0.2) is 43.7 Å². The van der Waals surface area contributed by atoms with E-state index < -0.39 is 5.60 Å². The summed E-state index contributed by atoms with van der Waals surface area (Å²) in [6.45, 7) is 6.62. The van der Waals surface area contributed by atoms with Gasteiger partial charge in [-0.1, -0.05) is 6.92 Å². The quantitative estimate of drug-likeness (QED) is 0.710. The number of rotatable bonds is 8. The maximum atomic E-state index is 10.8. The van der Waals surface area contributed by atoms with E-state index in [2.05, 4.69) is 25.2 Å². The molecule has 1 aliphatic heterocycles. The van der Waals surface area contributed by atoms with Gasteiger partial charge in [-0.15, -0.1) is 0 Å². The summed E-state index contributed by atoms with van der Waals surface area (Å²) in [7, 11) is 3.29. The molecule has 136 valence electrons. The van der Waals surface area contributed by atoms with Crippen LogP contribution >= 0.6 is 0 Å². The van der Waals surface area contributed by atoms with Gasteiger partial charge >= 0.3 is 0 Å². The molecular formula is C19H32NO4+. The summed E-state index contributed by atoms with van der Waals surface area (Å²) >= 11 is 0. The maximum Gasteiger partial charge on any atom is 0.161 e. The fourth-order valence-corrected chi connectivity index (χ4v) is 3.41. The molecule has 0 amide bonds. The van der Waals surface area contributed by atoms with Crippen molar-refractivity contribution in [3.05, 3.63) is 23.8 Å². The number of quaternary nitrogens is 1. The van der Waals surface area contributed by atoms with Gasteiger partial charge in [-0.2, -0.15) is 0 Å². The van der Waals surface area contributed by atoms with Crippen LogP contribution in [0.4, 0.5) is 0 Å². The van der Waals surface area contributed by atoms with Crippen LogP contribution in [0.3, 0.4) is 0 Å². The Morgan fingerprint density at radius 1 is 1.25 bits per heavy atom. The lowest BCUT2D eigenvalue weighted by atomic mass is 9.80. The predicted molar refractivity (Wildman–Crippen MR) is 93.5 cm³/mol. The molecule has 0 saturated carbocycles. The maximum absolute atomic E-state index is 10.8. The van der Waals surface area contributed by atoms with Crippen molar-refractivity contribution in [1.29, 1.82) is 0 Å². The van der Waals surface area contributed by atoms with Gasteiger partial charge in [0.25, 0.3) is 0 Å². The molecule has 1 fully saturated rings. The zero-order chi connectivity index (χ0) is 17.6. The van der Waals surface area contributed by atoms with Crippen LogP contribution in [0, 0.1) is 0 Å². The van der Waals surface area contributed by atoms with Crippen LogP contribution in [0.2, 0.25) is 0 Å². The van der Waals surface area contributed by atoms with E-state index in [0.29, 0.717) is 6.61 Å². The number of ether oxygens (including phenoxy) is 3. The molecule has 1 saturated heterocycles. The number of nitrogens with two attached hydrogens (primary N) is 1. The Balaban J connectivity index is 1.82. The van der Waals surface area contributed by atoms with Gasteiger partial charge in [0.05, 0.1) is 38.6 Å². The van der Waals surface area contributed by atoms with Crippen LogP contribution in [0.25, 0.3) is 0 Å². The monoisotopic (exact) mass is 338 g/mol. The number of benzene rings is 1. The third-order valence-corrected chi connectivity index (χ3v) is 5.11. The molecule has 2 rings (SSSR count). The third-order valence-electron chi connectivity index (χ3n) is 5.11. The molecule has 1 aromatic carbocycles. The van der Waals surface area contributed by atoms with Crippen molar-refractivity contribution < 1.29 is 24.6 Å². The summed E-state index contributed by atoms with van der Waals surface area (Å²) in [5.41, 5.74) is 0.401. The van der Waals surface area contributed by atoms with Crippen LogP contribution < -0.4 is 14.8 Å². The largest absolute Gasteiger partial charge is 0.493 e. The highest BCUT2D eigenvalue weighted by Crippen LogP contribution is 2.36. The topological polar surface area (TPSA) is 64.5 Å². The summed E-state index contributed by atoms with van der Waals surface area (Å²) in [5, 5.41) is 13.1. The van der Waals surface area contributed by atoms with Crippen molar-refractivity contribution >= 4 is 0 Å². The first kappa shape index (κ1) is 19.0. The van der Waals surface area contributed by atoms with Gasteiger partial charge in [-0.3, -0.25) is 0 Å². The Labute approximate surface area is 145 Å². The van der Waals surface area contributed by atoms with Crippen LogP contribution in [0.1, 0.15) is 45.1 Å². The van der Waals surface area contributed by atoms with Gasteiger partial charge < -0.3 is 24.6 Å². The molecule has 2 atom stereocenters. The molecule has 1 aromatic rings. The van der Waals surface area contributed by atoms with Crippen molar-refractivity contribution in [3.63, 3.8) is 0 Å². The second-order valence-electron chi connectivity index (χ2n) is 7.02. The number of aliphatic hydroxyl groups is 1. The molecule has 1 aliphatic rings. The first-order valence-corrected chi connectivity index (χ1v) is 8.82. The second kappa shape index (κ2) is 8.19. The predicted octanol–water partition coefficient (Wildman–Crippen LogP) is 1.87. The standard InChI is InChI=1S/C19H31NO4/c1-5-18(2)14-19(21,9-11-24-18)8-10-20-13-15-6-7-16(22-3)17(12-15)23-4/h6-7,12,20-21H,5,8-11,13-14H2,1-4H3/p+1. The van der Waals surface area contributed by atoms with Crippen molar-refractivity contribution in [2.75, 3.05) is 27.4 Å². The average Bonchev–Trinajstić information content (AvgIpc) is 2.58. The molecule has 0 aliphatic carbocycles. The van der Waals surface area contributed by atoms with Gasteiger partial charge in [-0.05, 0) is 38.0 Å². The van der Waals surface area contributed by atoms with Crippen molar-refractivity contribution in [2.24, 2.45) is 0 Å². The Hall–Kier alpha value is -1.30. The molecule has 1 heterocycles. The van der Waals surface area contributed by atoms with Gasteiger partial charge in [0.2, 0.25) is 0 Å². The van der Waals surface area contributed by atoms with Crippen LogP contribution in [0.5, 0.6) is 11.5 Å². The molecule has 0 bridgehead atoms. The summed E-state index contributed by atoms with van der Waals surface area (Å²) < 4.78 is 16.4. The molecule has 24 heavy (non-hydrogen) atoms. The lowest BCUT2D eigenvalue weighted by Crippen LogP contribution is -2.83. The van der Waals surface area contributed by atoms with Crippen LogP contribution in [0.15, 0.2) is 18.2 Å². The van der Waals surface area contributed by atoms with Gasteiger partial charge in [0.15, 0.2) is 11.5 Å². The highest BCUT2D eigenvalue weighted by molar-refractivity contribution is 5.42. The van der Waals surface area contributed by atoms with E-state index >= 15 is 0 Å². The normalized spacial score (nSPS) is 27.0. The summed E-state index contributed by atoms with van der Waals surface area (Å²) in [4.78, 5) is 0. The zero-order valence-electron chi connectivity index (χ0n) is 15.4. The Bertz CT molecular complexity index is 536. The fourth-order valence-electron chi connectivity index (χ4n) is 3.41. The summed E-state index contributed by atoms with van der Waals surface area (Å²) in [6.07, 6.45) is 3.18. The Kier molecular flexibility index (Phi) is 6.49. The van der Waals surface area contributed by atoms with Crippen molar-refractivity contribution in [3.8, 4) is 11.5 Å². The van der Waals surface area contributed by atoms with Gasteiger partial charge in [0.1, 0.15) is 6.54 Å². The first-order chi connectivity index (χ1) is 11.4. The minimum absolute atomic E-state index is 0.184. The molecule has 5 heteroatoms. The lowest BCUT2D eigenvalue weighted by molar-refractivity contribution is -0.672. The second-order valence-corrected chi connectivity index (χ2v) is 7.02. The number of methoxy groups -OCH3 is 2. The zero-order valence-corrected chi connectivity index (χ0v) is 15.4. The van der Waals surface area contributed by atoms with Crippen molar-refractivity contribution in [2.45, 2.75) is 57.3 Å². The van der Waals surface area contributed by atoms with Gasteiger partial charge in [0, 0.05) is 18.4 Å².